The second-order valence-corrected chi connectivity index (χ2v) is 7.85. The van der Waals surface area contributed by atoms with Crippen molar-refractivity contribution in [1.82, 2.24) is 9.80 Å². The first-order valence-electron chi connectivity index (χ1n) is 7.69. The molecule has 0 aliphatic carbocycles. The van der Waals surface area contributed by atoms with Crippen LogP contribution in [0.2, 0.25) is 0 Å². The van der Waals surface area contributed by atoms with Crippen molar-refractivity contribution in [2.45, 2.75) is 32.9 Å². The molecule has 0 radical (unpaired) electrons. The maximum absolute atomic E-state index is 12.5. The molecule has 2 rings (SSSR count). The molecule has 0 N–H and O–H groups in total. The Bertz CT molecular complexity index is 583. The van der Waals surface area contributed by atoms with Gasteiger partial charge in [0.2, 0.25) is 5.91 Å². The summed E-state index contributed by atoms with van der Waals surface area (Å²) in [6.07, 6.45) is 2.17. The molecule has 7 heteroatoms. The third-order valence-electron chi connectivity index (χ3n) is 4.08. The average molecular weight is 328 g/mol. The maximum atomic E-state index is 12.5. The summed E-state index contributed by atoms with van der Waals surface area (Å²) in [5.41, 5.74) is 0. The van der Waals surface area contributed by atoms with Crippen molar-refractivity contribution in [2.24, 2.45) is 0 Å². The van der Waals surface area contributed by atoms with Gasteiger partial charge in [0.1, 0.15) is 5.76 Å². The first-order chi connectivity index (χ1) is 10.4. The molecule has 6 nitrogen and oxygen atoms in total. The number of sulfone groups is 1. The van der Waals surface area contributed by atoms with Crippen molar-refractivity contribution in [3.05, 3.63) is 24.2 Å². The largest absolute Gasteiger partial charge is 0.468 e. The van der Waals surface area contributed by atoms with Crippen LogP contribution in [0.4, 0.5) is 0 Å². The van der Waals surface area contributed by atoms with Crippen molar-refractivity contribution in [3.8, 4) is 0 Å². The summed E-state index contributed by atoms with van der Waals surface area (Å²) in [4.78, 5) is 16.2. The Hall–Kier alpha value is -1.34. The number of rotatable bonds is 7. The molecule has 0 unspecified atom stereocenters. The second-order valence-electron chi connectivity index (χ2n) is 5.62. The summed E-state index contributed by atoms with van der Waals surface area (Å²) < 4.78 is 28.5. The molecule has 1 aromatic heterocycles. The molecule has 1 aliphatic rings. The summed E-state index contributed by atoms with van der Waals surface area (Å²) in [5, 5.41) is 0. The summed E-state index contributed by atoms with van der Waals surface area (Å²) >= 11 is 0. The van der Waals surface area contributed by atoms with Crippen LogP contribution in [0, 0.1) is 0 Å². The van der Waals surface area contributed by atoms with E-state index in [4.69, 9.17) is 4.42 Å². The van der Waals surface area contributed by atoms with Crippen molar-refractivity contribution < 1.29 is 17.6 Å². The highest BCUT2D eigenvalue weighted by atomic mass is 32.2. The lowest BCUT2D eigenvalue weighted by molar-refractivity contribution is -0.134. The molecule has 2 heterocycles. The molecule has 0 bridgehead atoms. The van der Waals surface area contributed by atoms with Crippen molar-refractivity contribution in [2.75, 3.05) is 31.1 Å². The van der Waals surface area contributed by atoms with Gasteiger partial charge in [-0.25, -0.2) is 8.42 Å². The van der Waals surface area contributed by atoms with Gasteiger partial charge in [0.15, 0.2) is 9.84 Å². The van der Waals surface area contributed by atoms with E-state index < -0.39 is 9.84 Å². The fourth-order valence-electron chi connectivity index (χ4n) is 2.84. The summed E-state index contributed by atoms with van der Waals surface area (Å²) in [6, 6.07) is 3.53. The van der Waals surface area contributed by atoms with Crippen molar-refractivity contribution in [1.29, 1.82) is 0 Å². The Morgan fingerprint density at radius 2 is 2.14 bits per heavy atom. The van der Waals surface area contributed by atoms with Crippen LogP contribution in [0.3, 0.4) is 0 Å². The zero-order valence-corrected chi connectivity index (χ0v) is 14.0. The number of hydrogen-bond acceptors (Lipinski definition) is 5. The van der Waals surface area contributed by atoms with Crippen LogP contribution in [0.5, 0.6) is 0 Å². The average Bonchev–Trinajstić information content (AvgIpc) is 3.08. The second kappa shape index (κ2) is 7.28. The predicted molar refractivity (Wildman–Crippen MR) is 84.1 cm³/mol. The van der Waals surface area contributed by atoms with E-state index in [9.17, 15) is 13.2 Å². The number of amides is 1. The number of carbonyl (C=O) groups excluding carboxylic acids is 1. The Morgan fingerprint density at radius 3 is 2.64 bits per heavy atom. The zero-order valence-electron chi connectivity index (χ0n) is 13.2. The quantitative estimate of drug-likeness (QED) is 0.750. The van der Waals surface area contributed by atoms with Crippen LogP contribution in [-0.2, 0) is 21.2 Å². The molecule has 1 atom stereocenters. The standard InChI is InChI=1S/C15H24N2O4S/c1-3-16(10-14-6-5-8-21-14)11-15(18)17(4-2)13-7-9-22(19,20)12-13/h5-6,8,13H,3-4,7,9-12H2,1-2H3/t13-/m1/s1. The highest BCUT2D eigenvalue weighted by molar-refractivity contribution is 7.91. The lowest BCUT2D eigenvalue weighted by Crippen LogP contribution is -2.46. The van der Waals surface area contributed by atoms with Gasteiger partial charge in [-0.2, -0.15) is 0 Å². The van der Waals surface area contributed by atoms with Crippen LogP contribution in [-0.4, -0.2) is 61.3 Å². The van der Waals surface area contributed by atoms with E-state index in [1.807, 2.05) is 30.9 Å². The van der Waals surface area contributed by atoms with E-state index in [0.29, 0.717) is 19.5 Å². The molecular formula is C15H24N2O4S. The predicted octanol–water partition coefficient (Wildman–Crippen LogP) is 1.14. The maximum Gasteiger partial charge on any atom is 0.237 e. The lowest BCUT2D eigenvalue weighted by Gasteiger charge is -2.29. The molecule has 1 aliphatic heterocycles. The van der Waals surface area contributed by atoms with Gasteiger partial charge in [-0.1, -0.05) is 6.92 Å². The van der Waals surface area contributed by atoms with Gasteiger partial charge in [-0.05, 0) is 32.0 Å². The molecule has 124 valence electrons. The van der Waals surface area contributed by atoms with Crippen LogP contribution in [0.1, 0.15) is 26.0 Å². The van der Waals surface area contributed by atoms with Gasteiger partial charge in [0.05, 0.1) is 30.9 Å². The van der Waals surface area contributed by atoms with E-state index >= 15 is 0 Å². The first-order valence-corrected chi connectivity index (χ1v) is 9.52. The van der Waals surface area contributed by atoms with Crippen molar-refractivity contribution in [3.63, 3.8) is 0 Å². The molecule has 1 fully saturated rings. The smallest absolute Gasteiger partial charge is 0.237 e. The minimum atomic E-state index is -2.98. The first kappa shape index (κ1) is 17.0. The number of hydrogen-bond donors (Lipinski definition) is 0. The van der Waals surface area contributed by atoms with E-state index in [1.165, 1.54) is 0 Å². The Morgan fingerprint density at radius 1 is 1.36 bits per heavy atom. The van der Waals surface area contributed by atoms with Crippen LogP contribution in [0.15, 0.2) is 22.8 Å². The highest BCUT2D eigenvalue weighted by Crippen LogP contribution is 2.18. The summed E-state index contributed by atoms with van der Waals surface area (Å²) in [6.45, 7) is 6.01. The number of likely N-dealkylation sites (N-methyl/N-ethyl adjacent to an activating group) is 2. The van der Waals surface area contributed by atoms with E-state index in [1.54, 1.807) is 11.2 Å². The molecule has 1 amide bonds. The fraction of sp³-hybridized carbons (Fsp3) is 0.667. The topological polar surface area (TPSA) is 70.8 Å². The van der Waals surface area contributed by atoms with Crippen LogP contribution in [0.25, 0.3) is 0 Å². The minimum Gasteiger partial charge on any atom is -0.468 e. The number of carbonyl (C=O) groups is 1. The molecular weight excluding hydrogens is 304 g/mol. The van der Waals surface area contributed by atoms with Gasteiger partial charge in [-0.15, -0.1) is 0 Å². The summed E-state index contributed by atoms with van der Waals surface area (Å²) in [7, 11) is -2.98. The summed E-state index contributed by atoms with van der Waals surface area (Å²) in [5.74, 6) is 1.08. The minimum absolute atomic E-state index is 0.0157. The Labute approximate surface area is 132 Å². The third-order valence-corrected chi connectivity index (χ3v) is 5.83. The zero-order chi connectivity index (χ0) is 16.2. The van der Waals surface area contributed by atoms with Gasteiger partial charge in [-0.3, -0.25) is 9.69 Å². The van der Waals surface area contributed by atoms with Crippen LogP contribution < -0.4 is 0 Å². The molecule has 22 heavy (non-hydrogen) atoms. The fourth-order valence-corrected chi connectivity index (χ4v) is 4.57. The molecule has 0 spiro atoms. The van der Waals surface area contributed by atoms with E-state index in [0.717, 1.165) is 12.3 Å². The molecule has 0 saturated carbocycles. The third kappa shape index (κ3) is 4.33. The molecule has 0 aromatic carbocycles. The van der Waals surface area contributed by atoms with Gasteiger partial charge >= 0.3 is 0 Å². The lowest BCUT2D eigenvalue weighted by atomic mass is 10.2. The SMILES string of the molecule is CCN(CC(=O)N(CC)[C@@H]1CCS(=O)(=O)C1)Cc1ccco1. The van der Waals surface area contributed by atoms with Gasteiger partial charge in [0, 0.05) is 12.6 Å². The Balaban J connectivity index is 1.96. The number of furan rings is 1. The van der Waals surface area contributed by atoms with Crippen molar-refractivity contribution >= 4 is 15.7 Å². The molecule has 1 saturated heterocycles. The van der Waals surface area contributed by atoms with E-state index in [-0.39, 0.29) is 30.0 Å². The monoisotopic (exact) mass is 328 g/mol. The Kier molecular flexibility index (Phi) is 5.63. The van der Waals surface area contributed by atoms with Crippen LogP contribution >= 0.6 is 0 Å². The van der Waals surface area contributed by atoms with E-state index in [2.05, 4.69) is 0 Å². The number of nitrogens with zero attached hydrogens (tertiary/aromatic N) is 2. The van der Waals surface area contributed by atoms with Gasteiger partial charge < -0.3 is 9.32 Å². The molecule has 1 aromatic rings. The van der Waals surface area contributed by atoms with Gasteiger partial charge in [0.25, 0.3) is 0 Å². The normalized spacial score (nSPS) is 20.4. The highest BCUT2D eigenvalue weighted by Gasteiger charge is 2.34.